The van der Waals surface area contributed by atoms with Crippen LogP contribution in [0.4, 0.5) is 0 Å². The van der Waals surface area contributed by atoms with Crippen molar-refractivity contribution in [1.82, 2.24) is 19.8 Å². The predicted molar refractivity (Wildman–Crippen MR) is 118 cm³/mol. The van der Waals surface area contributed by atoms with Gasteiger partial charge in [0.25, 0.3) is 5.56 Å². The zero-order chi connectivity index (χ0) is 22.1. The van der Waals surface area contributed by atoms with Crippen LogP contribution in [0.2, 0.25) is 0 Å². The monoisotopic (exact) mass is 438 g/mol. The topological polar surface area (TPSA) is 87.8 Å². The number of fused-ring (bicyclic) bond motifs is 1. The second-order valence-corrected chi connectivity index (χ2v) is 8.94. The minimum absolute atomic E-state index is 0.0635. The quantitative estimate of drug-likeness (QED) is 0.769. The van der Waals surface area contributed by atoms with E-state index in [0.29, 0.717) is 25.6 Å². The third-order valence-electron chi connectivity index (χ3n) is 6.86. The Bertz CT molecular complexity index is 1030. The van der Waals surface area contributed by atoms with E-state index < -0.39 is 0 Å². The number of aromatic amines is 1. The number of hydrogen-bond donors (Lipinski definition) is 1. The molecule has 0 unspecified atom stereocenters. The largest absolute Gasteiger partial charge is 0.497 e. The molecule has 2 saturated heterocycles. The molecule has 3 aliphatic heterocycles. The van der Waals surface area contributed by atoms with Crippen molar-refractivity contribution in [2.45, 2.75) is 44.8 Å². The molecule has 2 aromatic rings. The van der Waals surface area contributed by atoms with Gasteiger partial charge in [0.05, 0.1) is 36.9 Å². The average molecular weight is 439 g/mol. The molecule has 32 heavy (non-hydrogen) atoms. The molecular weight excluding hydrogens is 408 g/mol. The molecule has 2 fully saturated rings. The van der Waals surface area contributed by atoms with Gasteiger partial charge in [0.15, 0.2) is 0 Å². The summed E-state index contributed by atoms with van der Waals surface area (Å²) in [6.45, 7) is 4.07. The summed E-state index contributed by atoms with van der Waals surface area (Å²) in [7, 11) is 1.66. The smallest absolute Gasteiger partial charge is 0.255 e. The first-order valence-electron chi connectivity index (χ1n) is 11.5. The summed E-state index contributed by atoms with van der Waals surface area (Å²) >= 11 is 0. The summed E-state index contributed by atoms with van der Waals surface area (Å²) in [5.74, 6) is 1.55. The summed E-state index contributed by atoms with van der Waals surface area (Å²) in [6, 6.07) is 7.89. The van der Waals surface area contributed by atoms with Crippen LogP contribution >= 0.6 is 0 Å². The second kappa shape index (κ2) is 9.03. The van der Waals surface area contributed by atoms with E-state index in [-0.39, 0.29) is 23.4 Å². The van der Waals surface area contributed by atoms with Crippen molar-refractivity contribution in [3.8, 4) is 5.75 Å². The van der Waals surface area contributed by atoms with Crippen molar-refractivity contribution in [3.63, 3.8) is 0 Å². The Kier molecular flexibility index (Phi) is 5.97. The van der Waals surface area contributed by atoms with Crippen molar-refractivity contribution in [1.29, 1.82) is 0 Å². The highest BCUT2D eigenvalue weighted by molar-refractivity contribution is 5.80. The number of carbonyl (C=O) groups is 1. The Morgan fingerprint density at radius 1 is 1.25 bits per heavy atom. The number of rotatable bonds is 5. The molecule has 4 heterocycles. The lowest BCUT2D eigenvalue weighted by Crippen LogP contribution is -2.39. The summed E-state index contributed by atoms with van der Waals surface area (Å²) in [5.41, 5.74) is 2.73. The molecule has 1 aromatic heterocycles. The number of amides is 1. The number of ether oxygens (including phenoxy) is 2. The third kappa shape index (κ3) is 4.17. The van der Waals surface area contributed by atoms with E-state index >= 15 is 0 Å². The highest BCUT2D eigenvalue weighted by Crippen LogP contribution is 2.33. The van der Waals surface area contributed by atoms with Gasteiger partial charge in [-0.05, 0) is 37.0 Å². The molecule has 1 amide bonds. The van der Waals surface area contributed by atoms with Gasteiger partial charge in [0, 0.05) is 39.2 Å². The fraction of sp³-hybridized carbons (Fsp3) is 0.542. The van der Waals surface area contributed by atoms with E-state index in [1.165, 1.54) is 5.56 Å². The van der Waals surface area contributed by atoms with Gasteiger partial charge in [-0.1, -0.05) is 12.1 Å². The predicted octanol–water partition coefficient (Wildman–Crippen LogP) is 2.04. The van der Waals surface area contributed by atoms with E-state index in [2.05, 4.69) is 22.0 Å². The standard InChI is InChI=1S/C24H30N4O4/c1-31-18-6-4-16(5-7-18)13-27-11-8-20-19(14-27)23(29)26-22(25-20)21-3-2-10-28(21)24(30)17-9-12-32-15-17/h4-7,17,21H,2-3,8-15H2,1H3,(H,25,26,29)/t17-,21+/m1/s1. The fourth-order valence-corrected chi connectivity index (χ4v) is 5.06. The van der Waals surface area contributed by atoms with Crippen LogP contribution in [0.25, 0.3) is 0 Å². The number of hydrogen-bond acceptors (Lipinski definition) is 6. The lowest BCUT2D eigenvalue weighted by molar-refractivity contribution is -0.136. The Labute approximate surface area is 187 Å². The minimum Gasteiger partial charge on any atom is -0.497 e. The minimum atomic E-state index is -0.140. The maximum atomic E-state index is 13.0. The van der Waals surface area contributed by atoms with Crippen LogP contribution in [-0.4, -0.2) is 59.1 Å². The summed E-state index contributed by atoms with van der Waals surface area (Å²) in [6.07, 6.45) is 3.28. The molecular formula is C24H30N4O4. The van der Waals surface area contributed by atoms with Crippen LogP contribution in [0, 0.1) is 5.92 Å². The SMILES string of the molecule is COc1ccc(CN2CCc3nc([C@@H]4CCCN4C(=O)[C@@H]4CCOC4)[nH]c(=O)c3C2)cc1. The van der Waals surface area contributed by atoms with Gasteiger partial charge < -0.3 is 19.4 Å². The van der Waals surface area contributed by atoms with E-state index in [4.69, 9.17) is 14.5 Å². The van der Waals surface area contributed by atoms with Crippen LogP contribution in [-0.2, 0) is 29.0 Å². The highest BCUT2D eigenvalue weighted by atomic mass is 16.5. The van der Waals surface area contributed by atoms with Crippen LogP contribution in [0.3, 0.4) is 0 Å². The summed E-state index contributed by atoms with van der Waals surface area (Å²) in [4.78, 5) is 38.0. The average Bonchev–Trinajstić information content (AvgIpc) is 3.52. The molecule has 8 heteroatoms. The zero-order valence-corrected chi connectivity index (χ0v) is 18.5. The fourth-order valence-electron chi connectivity index (χ4n) is 5.06. The highest BCUT2D eigenvalue weighted by Gasteiger charge is 2.37. The molecule has 0 bridgehead atoms. The van der Waals surface area contributed by atoms with Gasteiger partial charge in [-0.3, -0.25) is 14.5 Å². The molecule has 1 N–H and O–H groups in total. The van der Waals surface area contributed by atoms with E-state index in [1.54, 1.807) is 7.11 Å². The number of nitrogens with zero attached hydrogens (tertiary/aromatic N) is 3. The number of benzene rings is 1. The van der Waals surface area contributed by atoms with Crippen LogP contribution in [0.1, 0.15) is 47.9 Å². The van der Waals surface area contributed by atoms with Crippen LogP contribution < -0.4 is 10.3 Å². The van der Waals surface area contributed by atoms with Gasteiger partial charge in [-0.2, -0.15) is 0 Å². The Morgan fingerprint density at radius 3 is 2.84 bits per heavy atom. The first-order chi connectivity index (χ1) is 15.6. The molecule has 5 rings (SSSR count). The third-order valence-corrected chi connectivity index (χ3v) is 6.86. The molecule has 1 aromatic carbocycles. The van der Waals surface area contributed by atoms with Gasteiger partial charge in [0.1, 0.15) is 11.6 Å². The van der Waals surface area contributed by atoms with Crippen LogP contribution in [0.15, 0.2) is 29.1 Å². The second-order valence-electron chi connectivity index (χ2n) is 8.94. The lowest BCUT2D eigenvalue weighted by Gasteiger charge is -2.30. The Morgan fingerprint density at radius 2 is 2.09 bits per heavy atom. The van der Waals surface area contributed by atoms with Gasteiger partial charge in [-0.15, -0.1) is 0 Å². The first kappa shape index (κ1) is 21.2. The van der Waals surface area contributed by atoms with Gasteiger partial charge >= 0.3 is 0 Å². The number of methoxy groups -OCH3 is 1. The maximum absolute atomic E-state index is 13.0. The van der Waals surface area contributed by atoms with Crippen molar-refractivity contribution >= 4 is 5.91 Å². The normalized spacial score (nSPS) is 23.3. The molecule has 0 saturated carbocycles. The lowest BCUT2D eigenvalue weighted by atomic mass is 10.0. The van der Waals surface area contributed by atoms with Crippen molar-refractivity contribution in [3.05, 3.63) is 57.3 Å². The van der Waals surface area contributed by atoms with Crippen molar-refractivity contribution in [2.24, 2.45) is 5.92 Å². The number of likely N-dealkylation sites (tertiary alicyclic amines) is 1. The summed E-state index contributed by atoms with van der Waals surface area (Å²) in [5, 5.41) is 0. The number of H-pyrrole nitrogens is 1. The van der Waals surface area contributed by atoms with E-state index in [9.17, 15) is 9.59 Å². The molecule has 0 aliphatic carbocycles. The maximum Gasteiger partial charge on any atom is 0.255 e. The first-order valence-corrected chi connectivity index (χ1v) is 11.5. The van der Waals surface area contributed by atoms with Gasteiger partial charge in [0.2, 0.25) is 5.91 Å². The molecule has 170 valence electrons. The Hall–Kier alpha value is -2.71. The summed E-state index contributed by atoms with van der Waals surface area (Å²) < 4.78 is 10.6. The van der Waals surface area contributed by atoms with E-state index in [1.807, 2.05) is 17.0 Å². The number of carbonyl (C=O) groups excluding carboxylic acids is 1. The zero-order valence-electron chi connectivity index (χ0n) is 18.5. The van der Waals surface area contributed by atoms with Crippen molar-refractivity contribution in [2.75, 3.05) is 33.4 Å². The van der Waals surface area contributed by atoms with Crippen LogP contribution in [0.5, 0.6) is 5.75 Å². The number of nitrogens with one attached hydrogen (secondary N) is 1. The molecule has 8 nitrogen and oxygen atoms in total. The molecule has 0 spiro atoms. The molecule has 2 atom stereocenters. The number of aromatic nitrogens is 2. The van der Waals surface area contributed by atoms with Crippen molar-refractivity contribution < 1.29 is 14.3 Å². The molecule has 3 aliphatic rings. The van der Waals surface area contributed by atoms with Gasteiger partial charge in [-0.25, -0.2) is 4.98 Å². The van der Waals surface area contributed by atoms with E-state index in [0.717, 1.165) is 62.3 Å². The molecule has 0 radical (unpaired) electrons. The Balaban J connectivity index is 1.31.